The molecule has 0 bridgehead atoms. The summed E-state index contributed by atoms with van der Waals surface area (Å²) in [5, 5.41) is 0. The number of nitrogens with zero attached hydrogens (tertiary/aromatic N) is 3. The maximum atomic E-state index is 5.63. The third kappa shape index (κ3) is 2.60. The number of aliphatic imine (C=N–C) groups is 1. The van der Waals surface area contributed by atoms with E-state index in [1.165, 1.54) is 0 Å². The highest BCUT2D eigenvalue weighted by atomic mass is 28.3. The minimum Gasteiger partial charge on any atom is -0.474 e. The molecule has 1 atom stereocenters. The molecule has 0 saturated carbocycles. The predicted molar refractivity (Wildman–Crippen MR) is 72.1 cm³/mol. The number of hydrogen-bond acceptors (Lipinski definition) is 3. The molecule has 1 aliphatic rings. The first-order valence-corrected chi connectivity index (χ1v) is 9.58. The van der Waals surface area contributed by atoms with Crippen LogP contribution in [0.2, 0.25) is 19.6 Å². The Labute approximate surface area is 104 Å². The van der Waals surface area contributed by atoms with Crippen LogP contribution in [0.1, 0.15) is 19.5 Å². The zero-order valence-electron chi connectivity index (χ0n) is 11.3. The average molecular weight is 251 g/mol. The van der Waals surface area contributed by atoms with Gasteiger partial charge in [-0.05, 0) is 5.92 Å². The van der Waals surface area contributed by atoms with Crippen LogP contribution in [0.15, 0.2) is 17.5 Å². The summed E-state index contributed by atoms with van der Waals surface area (Å²) in [5.41, 5.74) is 0.871. The van der Waals surface area contributed by atoms with E-state index < -0.39 is 8.24 Å². The van der Waals surface area contributed by atoms with Gasteiger partial charge in [-0.2, -0.15) is 0 Å². The van der Waals surface area contributed by atoms with Crippen LogP contribution < -0.4 is 0 Å². The van der Waals surface area contributed by atoms with Crippen LogP contribution in [0, 0.1) is 5.92 Å². The summed E-state index contributed by atoms with van der Waals surface area (Å²) in [6, 6.07) is 0.280. The number of hydrogen-bond donors (Lipinski definition) is 0. The molecule has 1 aliphatic heterocycles. The standard InChI is InChI=1S/C12H21N3OSi/c1-9(2)11-7-16-12(14-11)10-6-15(8-13-10)17(3,4)5/h6,8-9,11H,7H2,1-5H3. The number of ether oxygens (including phenoxy) is 1. The zero-order valence-corrected chi connectivity index (χ0v) is 12.3. The lowest BCUT2D eigenvalue weighted by Gasteiger charge is -2.16. The van der Waals surface area contributed by atoms with E-state index in [1.807, 2.05) is 6.33 Å². The van der Waals surface area contributed by atoms with Crippen LogP contribution in [0.3, 0.4) is 0 Å². The highest BCUT2D eigenvalue weighted by Gasteiger charge is 2.25. The molecule has 0 N–H and O–H groups in total. The van der Waals surface area contributed by atoms with Gasteiger partial charge < -0.3 is 8.97 Å². The molecule has 1 unspecified atom stereocenters. The Hall–Kier alpha value is -1.10. The van der Waals surface area contributed by atoms with Crippen molar-refractivity contribution in [3.63, 3.8) is 0 Å². The molecule has 1 aromatic heterocycles. The molecule has 2 rings (SSSR count). The van der Waals surface area contributed by atoms with Gasteiger partial charge in [0, 0.05) is 6.20 Å². The SMILES string of the molecule is CC(C)C1COC(c2cn([Si](C)(C)C)cn2)=N1. The molecule has 2 heterocycles. The Balaban J connectivity index is 2.19. The molecule has 0 aliphatic carbocycles. The first-order chi connectivity index (χ1) is 7.88. The Bertz CT molecular complexity index is 431. The lowest BCUT2D eigenvalue weighted by Crippen LogP contribution is -2.30. The second kappa shape index (κ2) is 4.29. The third-order valence-corrected chi connectivity index (χ3v) is 4.81. The molecule has 0 amide bonds. The smallest absolute Gasteiger partial charge is 0.237 e. The topological polar surface area (TPSA) is 39.4 Å². The van der Waals surface area contributed by atoms with Gasteiger partial charge in [-0.25, -0.2) is 9.98 Å². The van der Waals surface area contributed by atoms with E-state index in [4.69, 9.17) is 4.74 Å². The second-order valence-electron chi connectivity index (χ2n) is 5.89. The van der Waals surface area contributed by atoms with Crippen molar-refractivity contribution in [1.82, 2.24) is 9.22 Å². The fourth-order valence-electron chi connectivity index (χ4n) is 1.67. The van der Waals surface area contributed by atoms with Gasteiger partial charge in [0.1, 0.15) is 12.3 Å². The Kier molecular flexibility index (Phi) is 3.12. The van der Waals surface area contributed by atoms with Gasteiger partial charge in [0.25, 0.3) is 0 Å². The Morgan fingerprint density at radius 3 is 2.59 bits per heavy atom. The summed E-state index contributed by atoms with van der Waals surface area (Å²) in [5.74, 6) is 1.23. The Morgan fingerprint density at radius 1 is 1.41 bits per heavy atom. The lowest BCUT2D eigenvalue weighted by atomic mass is 10.1. The van der Waals surface area contributed by atoms with E-state index in [1.54, 1.807) is 0 Å². The third-order valence-electron chi connectivity index (χ3n) is 3.02. The average Bonchev–Trinajstić information content (AvgIpc) is 2.85. The molecule has 4 nitrogen and oxygen atoms in total. The summed E-state index contributed by atoms with van der Waals surface area (Å²) in [6.45, 7) is 11.9. The van der Waals surface area contributed by atoms with E-state index in [9.17, 15) is 0 Å². The van der Waals surface area contributed by atoms with E-state index in [0.29, 0.717) is 18.4 Å². The normalized spacial score (nSPS) is 20.6. The monoisotopic (exact) mass is 251 g/mol. The minimum absolute atomic E-state index is 0.280. The van der Waals surface area contributed by atoms with Crippen molar-refractivity contribution in [2.75, 3.05) is 6.61 Å². The lowest BCUT2D eigenvalue weighted by molar-refractivity contribution is 0.291. The van der Waals surface area contributed by atoms with Crippen molar-refractivity contribution >= 4 is 14.1 Å². The van der Waals surface area contributed by atoms with Crippen molar-refractivity contribution in [2.45, 2.75) is 39.5 Å². The summed E-state index contributed by atoms with van der Waals surface area (Å²) in [6.07, 6.45) is 3.96. The quantitative estimate of drug-likeness (QED) is 0.774. The molecular weight excluding hydrogens is 230 g/mol. The van der Waals surface area contributed by atoms with E-state index in [2.05, 4.69) is 53.9 Å². The van der Waals surface area contributed by atoms with Crippen LogP contribution in [-0.2, 0) is 4.74 Å². The number of imidazole rings is 1. The van der Waals surface area contributed by atoms with E-state index in [-0.39, 0.29) is 6.04 Å². The maximum Gasteiger partial charge on any atom is 0.237 e. The molecule has 1 aromatic rings. The number of rotatable bonds is 3. The zero-order chi connectivity index (χ0) is 12.6. The summed E-state index contributed by atoms with van der Waals surface area (Å²) >= 11 is 0. The Morgan fingerprint density at radius 2 is 2.12 bits per heavy atom. The van der Waals surface area contributed by atoms with Crippen LogP contribution in [0.4, 0.5) is 0 Å². The molecule has 0 aromatic carbocycles. The molecule has 0 fully saturated rings. The molecule has 94 valence electrons. The van der Waals surface area contributed by atoms with Crippen LogP contribution in [0.5, 0.6) is 0 Å². The van der Waals surface area contributed by atoms with Crippen LogP contribution in [-0.4, -0.2) is 36.0 Å². The predicted octanol–water partition coefficient (Wildman–Crippen LogP) is 2.37. The molecular formula is C12H21N3OSi. The molecule has 0 spiro atoms. The largest absolute Gasteiger partial charge is 0.474 e. The van der Waals surface area contributed by atoms with Crippen molar-refractivity contribution in [2.24, 2.45) is 10.9 Å². The molecule has 5 heteroatoms. The minimum atomic E-state index is -1.36. The van der Waals surface area contributed by atoms with Crippen molar-refractivity contribution in [3.05, 3.63) is 18.2 Å². The highest BCUT2D eigenvalue weighted by Crippen LogP contribution is 2.17. The van der Waals surface area contributed by atoms with Crippen molar-refractivity contribution in [3.8, 4) is 0 Å². The first-order valence-electron chi connectivity index (χ1n) is 6.13. The number of aromatic nitrogens is 2. The van der Waals surface area contributed by atoms with E-state index >= 15 is 0 Å². The van der Waals surface area contributed by atoms with Gasteiger partial charge in [0.15, 0.2) is 8.24 Å². The molecule has 0 radical (unpaired) electrons. The van der Waals surface area contributed by atoms with Crippen molar-refractivity contribution < 1.29 is 4.74 Å². The highest BCUT2D eigenvalue weighted by molar-refractivity contribution is 6.74. The van der Waals surface area contributed by atoms with Gasteiger partial charge in [0.05, 0.1) is 12.4 Å². The fraction of sp³-hybridized carbons (Fsp3) is 0.667. The first kappa shape index (κ1) is 12.4. The van der Waals surface area contributed by atoms with E-state index in [0.717, 1.165) is 5.69 Å². The summed E-state index contributed by atoms with van der Waals surface area (Å²) < 4.78 is 7.85. The van der Waals surface area contributed by atoms with Crippen LogP contribution in [0.25, 0.3) is 0 Å². The maximum absolute atomic E-state index is 5.63. The summed E-state index contributed by atoms with van der Waals surface area (Å²) in [7, 11) is -1.36. The van der Waals surface area contributed by atoms with Gasteiger partial charge in [0.2, 0.25) is 5.90 Å². The van der Waals surface area contributed by atoms with Gasteiger partial charge in [-0.3, -0.25) is 0 Å². The van der Waals surface area contributed by atoms with Gasteiger partial charge in [-0.1, -0.05) is 33.5 Å². The van der Waals surface area contributed by atoms with Crippen molar-refractivity contribution in [1.29, 1.82) is 0 Å². The summed E-state index contributed by atoms with van der Waals surface area (Å²) in [4.78, 5) is 8.99. The van der Waals surface area contributed by atoms with Gasteiger partial charge >= 0.3 is 0 Å². The molecule has 17 heavy (non-hydrogen) atoms. The van der Waals surface area contributed by atoms with Gasteiger partial charge in [-0.15, -0.1) is 0 Å². The fourth-order valence-corrected chi connectivity index (χ4v) is 2.58. The second-order valence-corrected chi connectivity index (χ2v) is 10.8. The van der Waals surface area contributed by atoms with Crippen LogP contribution >= 0.6 is 0 Å². The molecule has 0 saturated heterocycles.